The van der Waals surface area contributed by atoms with E-state index in [0.29, 0.717) is 5.69 Å². The number of nitrogens with two attached hydrogens (primary N) is 1. The molecule has 106 valence electrons. The van der Waals surface area contributed by atoms with Crippen molar-refractivity contribution in [1.29, 1.82) is 0 Å². The fourth-order valence-electron chi connectivity index (χ4n) is 2.11. The SMILES string of the molecule is CCCCN(c1cccc(N)c1[N+](=O)[O-])C(C)CC. The van der Waals surface area contributed by atoms with Crippen LogP contribution in [0.4, 0.5) is 17.1 Å². The summed E-state index contributed by atoms with van der Waals surface area (Å²) >= 11 is 0. The van der Waals surface area contributed by atoms with Crippen molar-refractivity contribution in [2.24, 2.45) is 0 Å². The van der Waals surface area contributed by atoms with Gasteiger partial charge < -0.3 is 10.6 Å². The van der Waals surface area contributed by atoms with Crippen molar-refractivity contribution >= 4 is 17.1 Å². The van der Waals surface area contributed by atoms with E-state index in [4.69, 9.17) is 5.73 Å². The number of nitro groups is 1. The molecule has 1 aromatic rings. The lowest BCUT2D eigenvalue weighted by Crippen LogP contribution is -2.34. The topological polar surface area (TPSA) is 72.4 Å². The average molecular weight is 265 g/mol. The number of hydrogen-bond acceptors (Lipinski definition) is 4. The Kier molecular flexibility index (Phi) is 5.60. The molecule has 0 aliphatic carbocycles. The van der Waals surface area contributed by atoms with Gasteiger partial charge in [0.25, 0.3) is 0 Å². The summed E-state index contributed by atoms with van der Waals surface area (Å²) in [6.45, 7) is 7.10. The Labute approximate surface area is 114 Å². The van der Waals surface area contributed by atoms with E-state index in [9.17, 15) is 10.1 Å². The van der Waals surface area contributed by atoms with Crippen molar-refractivity contribution in [3.8, 4) is 0 Å². The van der Waals surface area contributed by atoms with Gasteiger partial charge in [-0.05, 0) is 31.9 Å². The highest BCUT2D eigenvalue weighted by Crippen LogP contribution is 2.35. The lowest BCUT2D eigenvalue weighted by atomic mass is 10.1. The first kappa shape index (κ1) is 15.3. The van der Waals surface area contributed by atoms with E-state index in [2.05, 4.69) is 25.7 Å². The monoisotopic (exact) mass is 265 g/mol. The van der Waals surface area contributed by atoms with Crippen molar-refractivity contribution in [3.63, 3.8) is 0 Å². The van der Waals surface area contributed by atoms with Crippen LogP contribution in [-0.4, -0.2) is 17.5 Å². The van der Waals surface area contributed by atoms with Crippen LogP contribution in [0, 0.1) is 10.1 Å². The third-order valence-electron chi connectivity index (χ3n) is 3.41. The molecule has 0 spiro atoms. The molecule has 1 unspecified atom stereocenters. The van der Waals surface area contributed by atoms with Crippen LogP contribution in [0.25, 0.3) is 0 Å². The number of hydrogen-bond donors (Lipinski definition) is 1. The predicted molar refractivity (Wildman–Crippen MR) is 79.5 cm³/mol. The number of rotatable bonds is 7. The maximum atomic E-state index is 11.2. The molecule has 0 radical (unpaired) electrons. The molecule has 5 heteroatoms. The van der Waals surface area contributed by atoms with Gasteiger partial charge in [-0.3, -0.25) is 10.1 Å². The molecule has 5 nitrogen and oxygen atoms in total. The maximum Gasteiger partial charge on any atom is 0.315 e. The average Bonchev–Trinajstić information content (AvgIpc) is 2.38. The highest BCUT2D eigenvalue weighted by Gasteiger charge is 2.24. The standard InChI is InChI=1S/C14H23N3O2/c1-4-6-10-16(11(3)5-2)13-9-7-8-12(15)14(13)17(18)19/h7-9,11H,4-6,10,15H2,1-3H3. The number of benzene rings is 1. The Morgan fingerprint density at radius 3 is 2.63 bits per heavy atom. The minimum absolute atomic E-state index is 0.0268. The van der Waals surface area contributed by atoms with Gasteiger partial charge >= 0.3 is 5.69 Å². The zero-order valence-electron chi connectivity index (χ0n) is 11.9. The molecule has 0 saturated heterocycles. The van der Waals surface area contributed by atoms with Crippen LogP contribution in [0.5, 0.6) is 0 Å². The van der Waals surface area contributed by atoms with Crippen molar-refractivity contribution in [2.45, 2.75) is 46.1 Å². The number of para-hydroxylation sites is 1. The second kappa shape index (κ2) is 6.97. The minimum Gasteiger partial charge on any atom is -0.393 e. The van der Waals surface area contributed by atoms with E-state index in [1.54, 1.807) is 18.2 Å². The lowest BCUT2D eigenvalue weighted by Gasteiger charge is -2.30. The van der Waals surface area contributed by atoms with Gasteiger partial charge in [0, 0.05) is 12.6 Å². The van der Waals surface area contributed by atoms with Gasteiger partial charge in [0.2, 0.25) is 0 Å². The Hall–Kier alpha value is -1.78. The molecule has 0 aromatic heterocycles. The Bertz CT molecular complexity index is 435. The Balaban J connectivity index is 3.21. The number of anilines is 2. The van der Waals surface area contributed by atoms with Crippen molar-refractivity contribution < 1.29 is 4.92 Å². The number of nitro benzene ring substituents is 1. The smallest absolute Gasteiger partial charge is 0.315 e. The third-order valence-corrected chi connectivity index (χ3v) is 3.41. The fraction of sp³-hybridized carbons (Fsp3) is 0.571. The van der Waals surface area contributed by atoms with E-state index < -0.39 is 0 Å². The van der Waals surface area contributed by atoms with Crippen LogP contribution in [0.1, 0.15) is 40.0 Å². The van der Waals surface area contributed by atoms with Crippen LogP contribution in [0.2, 0.25) is 0 Å². The van der Waals surface area contributed by atoms with Gasteiger partial charge in [-0.1, -0.05) is 26.3 Å². The quantitative estimate of drug-likeness (QED) is 0.464. The van der Waals surface area contributed by atoms with Gasteiger partial charge in [-0.15, -0.1) is 0 Å². The van der Waals surface area contributed by atoms with Gasteiger partial charge in [0.1, 0.15) is 11.4 Å². The summed E-state index contributed by atoms with van der Waals surface area (Å²) < 4.78 is 0. The van der Waals surface area contributed by atoms with Crippen LogP contribution >= 0.6 is 0 Å². The fourth-order valence-corrected chi connectivity index (χ4v) is 2.11. The van der Waals surface area contributed by atoms with E-state index >= 15 is 0 Å². The summed E-state index contributed by atoms with van der Waals surface area (Å²) in [4.78, 5) is 12.9. The van der Waals surface area contributed by atoms with Crippen molar-refractivity contribution in [1.82, 2.24) is 0 Å². The maximum absolute atomic E-state index is 11.2. The van der Waals surface area contributed by atoms with Crippen LogP contribution in [0.3, 0.4) is 0 Å². The summed E-state index contributed by atoms with van der Waals surface area (Å²) in [6, 6.07) is 5.40. The number of nitrogens with zero attached hydrogens (tertiary/aromatic N) is 2. The second-order valence-corrected chi connectivity index (χ2v) is 4.78. The number of nitrogen functional groups attached to an aromatic ring is 1. The first-order chi connectivity index (χ1) is 9.02. The normalized spacial score (nSPS) is 12.2. The van der Waals surface area contributed by atoms with Crippen molar-refractivity contribution in [3.05, 3.63) is 28.3 Å². The third kappa shape index (κ3) is 3.59. The molecule has 1 aromatic carbocycles. The molecule has 0 saturated carbocycles. The molecule has 0 heterocycles. The van der Waals surface area contributed by atoms with Gasteiger partial charge in [0.05, 0.1) is 4.92 Å². The number of unbranched alkanes of at least 4 members (excludes halogenated alkanes) is 1. The molecule has 1 atom stereocenters. The predicted octanol–water partition coefficient (Wildman–Crippen LogP) is 3.58. The molecule has 0 aliphatic heterocycles. The molecular formula is C14H23N3O2. The highest BCUT2D eigenvalue weighted by atomic mass is 16.6. The van der Waals surface area contributed by atoms with E-state index in [0.717, 1.165) is 25.8 Å². The largest absolute Gasteiger partial charge is 0.393 e. The molecule has 0 bridgehead atoms. The molecule has 2 N–H and O–H groups in total. The zero-order chi connectivity index (χ0) is 14.4. The Morgan fingerprint density at radius 2 is 2.11 bits per heavy atom. The van der Waals surface area contributed by atoms with Crippen LogP contribution in [0.15, 0.2) is 18.2 Å². The van der Waals surface area contributed by atoms with E-state index in [-0.39, 0.29) is 22.3 Å². The first-order valence-corrected chi connectivity index (χ1v) is 6.82. The summed E-state index contributed by atoms with van der Waals surface area (Å²) in [5, 5.41) is 11.2. The molecule has 0 aliphatic rings. The minimum atomic E-state index is -0.383. The molecule has 0 amide bonds. The molecule has 1 rings (SSSR count). The van der Waals surface area contributed by atoms with Gasteiger partial charge in [-0.2, -0.15) is 0 Å². The Morgan fingerprint density at radius 1 is 1.42 bits per heavy atom. The van der Waals surface area contributed by atoms with Crippen LogP contribution in [-0.2, 0) is 0 Å². The highest BCUT2D eigenvalue weighted by molar-refractivity contribution is 5.75. The first-order valence-electron chi connectivity index (χ1n) is 6.82. The van der Waals surface area contributed by atoms with Crippen LogP contribution < -0.4 is 10.6 Å². The molecule has 19 heavy (non-hydrogen) atoms. The molecular weight excluding hydrogens is 242 g/mol. The van der Waals surface area contributed by atoms with Gasteiger partial charge in [-0.25, -0.2) is 0 Å². The molecule has 0 fully saturated rings. The summed E-state index contributed by atoms with van der Waals surface area (Å²) in [5.41, 5.74) is 6.65. The summed E-state index contributed by atoms with van der Waals surface area (Å²) in [7, 11) is 0. The summed E-state index contributed by atoms with van der Waals surface area (Å²) in [5.74, 6) is 0. The van der Waals surface area contributed by atoms with Crippen molar-refractivity contribution in [2.75, 3.05) is 17.2 Å². The zero-order valence-corrected chi connectivity index (χ0v) is 11.9. The van der Waals surface area contributed by atoms with E-state index in [1.165, 1.54) is 0 Å². The van der Waals surface area contributed by atoms with Gasteiger partial charge in [0.15, 0.2) is 0 Å². The second-order valence-electron chi connectivity index (χ2n) is 4.78. The van der Waals surface area contributed by atoms with E-state index in [1.807, 2.05) is 0 Å². The summed E-state index contributed by atoms with van der Waals surface area (Å²) in [6.07, 6.45) is 3.01. The lowest BCUT2D eigenvalue weighted by molar-refractivity contribution is -0.383.